The van der Waals surface area contributed by atoms with E-state index in [-0.39, 0.29) is 5.78 Å². The van der Waals surface area contributed by atoms with Gasteiger partial charge in [-0.2, -0.15) is 13.2 Å². The van der Waals surface area contributed by atoms with Gasteiger partial charge in [0.05, 0.1) is 11.5 Å². The van der Waals surface area contributed by atoms with Crippen LogP contribution in [0.15, 0.2) is 72.4 Å². The SMILES string of the molecule is CNC1=C(c2cccc(C(F)(F)F)c2)C(=O)C(c2cccc3ccccc23)C1. The summed E-state index contributed by atoms with van der Waals surface area (Å²) in [7, 11) is 1.70. The number of hydrogen-bond acceptors (Lipinski definition) is 2. The molecule has 0 heterocycles. The summed E-state index contributed by atoms with van der Waals surface area (Å²) in [5, 5.41) is 5.05. The van der Waals surface area contributed by atoms with Crippen molar-refractivity contribution in [3.05, 3.63) is 89.1 Å². The number of rotatable bonds is 3. The molecule has 3 aromatic rings. The van der Waals surface area contributed by atoms with Crippen LogP contribution in [0.1, 0.15) is 29.0 Å². The fourth-order valence-corrected chi connectivity index (χ4v) is 3.92. The molecule has 2 nitrogen and oxygen atoms in total. The lowest BCUT2D eigenvalue weighted by Gasteiger charge is -2.13. The first-order chi connectivity index (χ1) is 13.4. The highest BCUT2D eigenvalue weighted by Gasteiger charge is 2.37. The first-order valence-electron chi connectivity index (χ1n) is 9.00. The second-order valence-electron chi connectivity index (χ2n) is 6.87. The van der Waals surface area contributed by atoms with E-state index >= 15 is 0 Å². The van der Waals surface area contributed by atoms with E-state index in [0.29, 0.717) is 23.3 Å². The molecule has 1 aliphatic rings. The molecule has 0 bridgehead atoms. The Hall–Kier alpha value is -3.08. The van der Waals surface area contributed by atoms with Gasteiger partial charge in [0.15, 0.2) is 5.78 Å². The molecule has 1 unspecified atom stereocenters. The van der Waals surface area contributed by atoms with E-state index in [1.54, 1.807) is 13.1 Å². The van der Waals surface area contributed by atoms with Crippen LogP contribution in [-0.2, 0) is 11.0 Å². The minimum Gasteiger partial charge on any atom is -0.391 e. The highest BCUT2D eigenvalue weighted by Crippen LogP contribution is 2.42. The van der Waals surface area contributed by atoms with Crippen LogP contribution in [0.2, 0.25) is 0 Å². The lowest BCUT2D eigenvalue weighted by Crippen LogP contribution is -2.10. The van der Waals surface area contributed by atoms with Gasteiger partial charge in [-0.25, -0.2) is 0 Å². The zero-order valence-corrected chi connectivity index (χ0v) is 15.2. The first kappa shape index (κ1) is 18.3. The van der Waals surface area contributed by atoms with Crippen LogP contribution in [-0.4, -0.2) is 12.8 Å². The summed E-state index contributed by atoms with van der Waals surface area (Å²) in [5.74, 6) is -0.571. The Morgan fingerprint density at radius 1 is 0.964 bits per heavy atom. The van der Waals surface area contributed by atoms with E-state index in [4.69, 9.17) is 0 Å². The Morgan fingerprint density at radius 3 is 2.43 bits per heavy atom. The van der Waals surface area contributed by atoms with Crippen LogP contribution in [0.3, 0.4) is 0 Å². The number of allylic oxidation sites excluding steroid dienone is 2. The van der Waals surface area contributed by atoms with Crippen molar-refractivity contribution >= 4 is 22.1 Å². The first-order valence-corrected chi connectivity index (χ1v) is 9.00. The van der Waals surface area contributed by atoms with Gasteiger partial charge in [-0.3, -0.25) is 4.79 Å². The Bertz CT molecular complexity index is 1090. The molecule has 1 N–H and O–H groups in total. The molecule has 5 heteroatoms. The van der Waals surface area contributed by atoms with Crippen molar-refractivity contribution in [3.8, 4) is 0 Å². The number of ketones is 1. The van der Waals surface area contributed by atoms with Crippen molar-refractivity contribution < 1.29 is 18.0 Å². The molecule has 0 radical (unpaired) electrons. The molecule has 0 saturated heterocycles. The smallest absolute Gasteiger partial charge is 0.391 e. The van der Waals surface area contributed by atoms with Gasteiger partial charge in [0.25, 0.3) is 0 Å². The third kappa shape index (κ3) is 3.07. The molecule has 0 fully saturated rings. The molecule has 0 aromatic heterocycles. The van der Waals surface area contributed by atoms with Crippen molar-refractivity contribution in [2.45, 2.75) is 18.5 Å². The maximum absolute atomic E-state index is 13.3. The zero-order chi connectivity index (χ0) is 19.9. The van der Waals surface area contributed by atoms with Crippen LogP contribution in [0.5, 0.6) is 0 Å². The van der Waals surface area contributed by atoms with Gasteiger partial charge < -0.3 is 5.32 Å². The van der Waals surface area contributed by atoms with Crippen molar-refractivity contribution in [1.29, 1.82) is 0 Å². The third-order valence-corrected chi connectivity index (χ3v) is 5.25. The third-order valence-electron chi connectivity index (χ3n) is 5.25. The van der Waals surface area contributed by atoms with Crippen LogP contribution in [0, 0.1) is 0 Å². The van der Waals surface area contributed by atoms with Gasteiger partial charge >= 0.3 is 6.18 Å². The van der Waals surface area contributed by atoms with Gasteiger partial charge in [0.1, 0.15) is 0 Å². The van der Waals surface area contributed by atoms with E-state index in [0.717, 1.165) is 28.5 Å². The van der Waals surface area contributed by atoms with E-state index in [2.05, 4.69) is 5.32 Å². The van der Waals surface area contributed by atoms with Crippen molar-refractivity contribution in [1.82, 2.24) is 5.32 Å². The van der Waals surface area contributed by atoms with Gasteiger partial charge in [-0.1, -0.05) is 54.6 Å². The van der Waals surface area contributed by atoms with Gasteiger partial charge in [0.2, 0.25) is 0 Å². The number of carbonyl (C=O) groups is 1. The van der Waals surface area contributed by atoms with E-state index < -0.39 is 17.7 Å². The molecule has 1 aliphatic carbocycles. The summed E-state index contributed by atoms with van der Waals surface area (Å²) in [4.78, 5) is 13.3. The van der Waals surface area contributed by atoms with Gasteiger partial charge in [-0.05, 0) is 34.0 Å². The molecule has 3 aromatic carbocycles. The average molecular weight is 381 g/mol. The summed E-state index contributed by atoms with van der Waals surface area (Å²) < 4.78 is 39.4. The zero-order valence-electron chi connectivity index (χ0n) is 15.2. The lowest BCUT2D eigenvalue weighted by molar-refractivity contribution is -0.137. The lowest BCUT2D eigenvalue weighted by atomic mass is 9.89. The highest BCUT2D eigenvalue weighted by molar-refractivity contribution is 6.27. The van der Waals surface area contributed by atoms with Crippen LogP contribution in [0.25, 0.3) is 16.3 Å². The molecular formula is C23H18F3NO. The molecular weight excluding hydrogens is 363 g/mol. The Labute approximate surface area is 160 Å². The number of hydrogen-bond donors (Lipinski definition) is 1. The number of carbonyl (C=O) groups excluding carboxylic acids is 1. The molecule has 0 spiro atoms. The standard InChI is InChI=1S/C23H18F3NO/c1-27-20-13-19(18-11-5-7-14-6-2-3-10-17(14)18)22(28)21(20)15-8-4-9-16(12-15)23(24,25)26/h2-12,19,27H,13H2,1H3. The number of Topliss-reactive ketones (excluding diaryl/α,β-unsaturated/α-hetero) is 1. The monoisotopic (exact) mass is 381 g/mol. The van der Waals surface area contributed by atoms with E-state index in [9.17, 15) is 18.0 Å². The number of alkyl halides is 3. The molecule has 0 amide bonds. The molecule has 4 rings (SSSR count). The molecule has 28 heavy (non-hydrogen) atoms. The van der Waals surface area contributed by atoms with Crippen molar-refractivity contribution in [3.63, 3.8) is 0 Å². The largest absolute Gasteiger partial charge is 0.416 e. The fourth-order valence-electron chi connectivity index (χ4n) is 3.92. The Balaban J connectivity index is 1.79. The summed E-state index contributed by atoms with van der Waals surface area (Å²) in [5.41, 5.74) is 1.45. The predicted octanol–water partition coefficient (Wildman–Crippen LogP) is 5.55. The maximum Gasteiger partial charge on any atom is 0.416 e. The normalized spacial score (nSPS) is 17.4. The van der Waals surface area contributed by atoms with Crippen molar-refractivity contribution in [2.75, 3.05) is 7.05 Å². The summed E-state index contributed by atoms with van der Waals surface area (Å²) >= 11 is 0. The number of halogens is 3. The second-order valence-corrected chi connectivity index (χ2v) is 6.87. The topological polar surface area (TPSA) is 29.1 Å². The summed E-state index contributed by atoms with van der Waals surface area (Å²) in [6.07, 6.45) is -4.01. The predicted molar refractivity (Wildman–Crippen MR) is 104 cm³/mol. The van der Waals surface area contributed by atoms with Crippen LogP contribution < -0.4 is 5.32 Å². The maximum atomic E-state index is 13.3. The van der Waals surface area contributed by atoms with Gasteiger partial charge in [0, 0.05) is 24.7 Å². The van der Waals surface area contributed by atoms with Gasteiger partial charge in [-0.15, -0.1) is 0 Å². The quantitative estimate of drug-likeness (QED) is 0.645. The average Bonchev–Trinajstić information content (AvgIpc) is 3.03. The van der Waals surface area contributed by atoms with E-state index in [1.807, 2.05) is 42.5 Å². The molecule has 142 valence electrons. The van der Waals surface area contributed by atoms with Crippen molar-refractivity contribution in [2.24, 2.45) is 0 Å². The molecule has 1 atom stereocenters. The number of fused-ring (bicyclic) bond motifs is 1. The van der Waals surface area contributed by atoms with Crippen LogP contribution in [0.4, 0.5) is 13.2 Å². The summed E-state index contributed by atoms with van der Waals surface area (Å²) in [6.45, 7) is 0. The Morgan fingerprint density at radius 2 is 1.68 bits per heavy atom. The van der Waals surface area contributed by atoms with Crippen LogP contribution >= 0.6 is 0 Å². The number of nitrogens with one attached hydrogen (secondary N) is 1. The number of benzene rings is 3. The minimum atomic E-state index is -4.45. The Kier molecular flexibility index (Phi) is 4.46. The highest BCUT2D eigenvalue weighted by atomic mass is 19.4. The molecule has 0 aliphatic heterocycles. The minimum absolute atomic E-state index is 0.153. The fraction of sp³-hybridized carbons (Fsp3) is 0.174. The van der Waals surface area contributed by atoms with E-state index in [1.165, 1.54) is 6.07 Å². The summed E-state index contributed by atoms with van der Waals surface area (Å²) in [6, 6.07) is 18.6. The molecule has 0 saturated carbocycles. The second kappa shape index (κ2) is 6.82.